The number of β-lactam (4-membered cyclic amide) rings is 1. The zero-order chi connectivity index (χ0) is 35.2. The smallest absolute Gasteiger partial charge is 0.548 e. The molecule has 3 amide bonds. The monoisotopic (exact) mass is 710 g/mol. The molecule has 4 atom stereocenters. The third kappa shape index (κ3) is 6.54. The number of carbonyl (C=O) groups is 5. The molecular weight excluding hydrogens is 683 g/mol. The number of methoxy groups -OCH3 is 1. The fourth-order valence-corrected chi connectivity index (χ4v) is 7.49. The van der Waals surface area contributed by atoms with Gasteiger partial charge in [-0.05, 0) is 49.7 Å². The number of hydrogen-bond donors (Lipinski definition) is 2. The van der Waals surface area contributed by atoms with Crippen LogP contribution >= 0.6 is 11.8 Å². The molecule has 3 aromatic carbocycles. The Morgan fingerprint density at radius 1 is 0.980 bits per heavy atom. The van der Waals surface area contributed by atoms with Gasteiger partial charge in [0.15, 0.2) is 11.3 Å². The number of amides is 3. The van der Waals surface area contributed by atoms with E-state index in [0.717, 1.165) is 7.11 Å². The van der Waals surface area contributed by atoms with Gasteiger partial charge in [0, 0.05) is 10.3 Å². The van der Waals surface area contributed by atoms with E-state index in [1.807, 2.05) is 0 Å². The molecule has 6 rings (SSSR count). The number of aliphatic carboxylic acids is 1. The minimum atomic E-state index is -1.39. The number of carboxylic acid groups (broad SMARTS) is 1. The molecule has 50 heavy (non-hydrogen) atoms. The fourth-order valence-electron chi connectivity index (χ4n) is 5.87. The Hall–Kier alpha value is -4.90. The van der Waals surface area contributed by atoms with E-state index in [2.05, 4.69) is 15.4 Å². The molecular formula is C33H27N4NaO11S. The summed E-state index contributed by atoms with van der Waals surface area (Å²) in [7, 11) is 1.09. The first kappa shape index (κ1) is 36.4. The van der Waals surface area contributed by atoms with Crippen molar-refractivity contribution in [3.8, 4) is 11.4 Å². The van der Waals surface area contributed by atoms with Crippen LogP contribution in [0.1, 0.15) is 35.8 Å². The van der Waals surface area contributed by atoms with E-state index in [9.17, 15) is 38.7 Å². The first-order chi connectivity index (χ1) is 23.3. The van der Waals surface area contributed by atoms with Gasteiger partial charge in [0.2, 0.25) is 11.8 Å². The normalized spacial score (nSPS) is 19.3. The second-order valence-corrected chi connectivity index (χ2v) is 13.4. The van der Waals surface area contributed by atoms with Gasteiger partial charge in [-0.25, -0.2) is 14.2 Å². The number of fused-ring (bicyclic) bond motifs is 2. The fraction of sp³-hybridized carbons (Fsp3) is 0.242. The summed E-state index contributed by atoms with van der Waals surface area (Å²) >= 11 is 1.23. The second kappa shape index (κ2) is 14.1. The topological polar surface area (TPSA) is 206 Å². The summed E-state index contributed by atoms with van der Waals surface area (Å²) in [5, 5.41) is 16.4. The average Bonchev–Trinajstić information content (AvgIpc) is 3.34. The molecule has 0 bridgehead atoms. The Balaban J connectivity index is 0.00000486. The number of benzene rings is 3. The molecule has 2 saturated heterocycles. The maximum atomic E-state index is 13.7. The summed E-state index contributed by atoms with van der Waals surface area (Å²) in [4.78, 5) is 91.3. The van der Waals surface area contributed by atoms with E-state index in [-0.39, 0.29) is 57.5 Å². The van der Waals surface area contributed by atoms with Gasteiger partial charge in [0.25, 0.3) is 11.5 Å². The van der Waals surface area contributed by atoms with Crippen LogP contribution in [0.5, 0.6) is 5.75 Å². The third-order valence-electron chi connectivity index (χ3n) is 8.14. The number of para-hydroxylation sites is 1. The van der Waals surface area contributed by atoms with Gasteiger partial charge >= 0.3 is 41.5 Å². The van der Waals surface area contributed by atoms with Gasteiger partial charge in [-0.3, -0.25) is 19.2 Å². The van der Waals surface area contributed by atoms with Crippen molar-refractivity contribution in [3.63, 3.8) is 0 Å². The number of hydrogen-bond acceptors (Lipinski definition) is 12. The van der Waals surface area contributed by atoms with Crippen LogP contribution in [0.2, 0.25) is 0 Å². The van der Waals surface area contributed by atoms with Crippen molar-refractivity contribution in [2.45, 2.75) is 42.1 Å². The Morgan fingerprint density at radius 2 is 1.68 bits per heavy atom. The third-order valence-corrected chi connectivity index (χ3v) is 9.71. The molecule has 0 spiro atoms. The van der Waals surface area contributed by atoms with Gasteiger partial charge in [0.05, 0.1) is 30.2 Å². The van der Waals surface area contributed by atoms with Crippen LogP contribution < -0.4 is 61.3 Å². The largest absolute Gasteiger partial charge is 1.00 e. The van der Waals surface area contributed by atoms with Gasteiger partial charge in [-0.1, -0.05) is 42.5 Å². The molecule has 15 nitrogen and oxygen atoms in total. The van der Waals surface area contributed by atoms with Crippen LogP contribution in [0.25, 0.3) is 16.7 Å². The number of ether oxygens (including phenoxy) is 2. The summed E-state index contributed by atoms with van der Waals surface area (Å²) in [5.41, 5.74) is -0.786. The maximum absolute atomic E-state index is 13.7. The molecule has 2 aliphatic rings. The predicted molar refractivity (Wildman–Crippen MR) is 171 cm³/mol. The Morgan fingerprint density at radius 3 is 2.36 bits per heavy atom. The van der Waals surface area contributed by atoms with Crippen LogP contribution in [0.4, 0.5) is 4.79 Å². The summed E-state index contributed by atoms with van der Waals surface area (Å²) in [6.07, 6.45) is -1.09. The van der Waals surface area contributed by atoms with Crippen molar-refractivity contribution in [1.82, 2.24) is 20.1 Å². The molecule has 252 valence electrons. The van der Waals surface area contributed by atoms with Crippen LogP contribution in [0.3, 0.4) is 0 Å². The molecule has 3 heterocycles. The second-order valence-electron chi connectivity index (χ2n) is 11.6. The SMILES string of the molecule is COC(=O)Oc1cccc2c(=O)n(-c3cccc(C(=O)N[C@@H](C(=O)N[C@@H]4C(=O)N5C4SC(C)(C)C5C(=O)[O-])c4ccccc4)c3)c(=O)oc12.[Na+]. The van der Waals surface area contributed by atoms with Gasteiger partial charge in [-0.15, -0.1) is 11.8 Å². The van der Waals surface area contributed by atoms with E-state index in [0.29, 0.717) is 10.1 Å². The van der Waals surface area contributed by atoms with Gasteiger partial charge in [-0.2, -0.15) is 0 Å². The van der Waals surface area contributed by atoms with Crippen LogP contribution in [-0.4, -0.2) is 68.6 Å². The molecule has 0 saturated carbocycles. The first-order valence-corrected chi connectivity index (χ1v) is 15.6. The maximum Gasteiger partial charge on any atom is 1.00 e. The van der Waals surface area contributed by atoms with E-state index < -0.39 is 69.4 Å². The minimum absolute atomic E-state index is 0. The Kier molecular flexibility index (Phi) is 10.3. The van der Waals surface area contributed by atoms with Crippen LogP contribution in [0, 0.1) is 0 Å². The molecule has 2 aliphatic heterocycles. The molecule has 2 unspecified atom stereocenters. The Labute approximate surface area is 309 Å². The van der Waals surface area contributed by atoms with E-state index in [1.54, 1.807) is 44.2 Å². The van der Waals surface area contributed by atoms with Crippen LogP contribution in [-0.2, 0) is 19.1 Å². The van der Waals surface area contributed by atoms with Crippen molar-refractivity contribution in [1.29, 1.82) is 0 Å². The zero-order valence-corrected chi connectivity index (χ0v) is 29.8. The number of carbonyl (C=O) groups excluding carboxylic acids is 5. The number of nitrogens with one attached hydrogen (secondary N) is 2. The standard InChI is InChI=1S/C33H28N4O11S.Na/c1-33(2)24(30(42)43)37-28(41)22(29(37)49-33)35-26(39)21(16-9-5-4-6-10-16)34-25(38)17-11-7-12-18(15-17)36-27(40)19-13-8-14-20(47-32(45)46-3)23(19)48-31(36)44;/h4-15,21-22,24,29H,1-3H3,(H,34,38)(H,35,39)(H,42,43);/q;+1/p-1/t21-,22-,24?,29?;/m1./s1. The van der Waals surface area contributed by atoms with Crippen LogP contribution in [0.15, 0.2) is 86.8 Å². The number of carboxylic acids is 1. The Bertz CT molecular complexity index is 2150. The molecule has 2 N–H and O–H groups in total. The molecule has 0 aliphatic carbocycles. The zero-order valence-electron chi connectivity index (χ0n) is 27.0. The van der Waals surface area contributed by atoms with Gasteiger partial charge < -0.3 is 39.3 Å². The first-order valence-electron chi connectivity index (χ1n) is 14.7. The number of nitrogens with zero attached hydrogens (tertiary/aromatic N) is 2. The number of aromatic nitrogens is 1. The summed E-state index contributed by atoms with van der Waals surface area (Å²) in [6, 6.07) is 14.3. The average molecular weight is 711 g/mol. The molecule has 4 aromatic rings. The van der Waals surface area contributed by atoms with Crippen molar-refractivity contribution < 1.29 is 72.5 Å². The summed E-state index contributed by atoms with van der Waals surface area (Å²) in [5.74, 6) is -4.80. The van der Waals surface area contributed by atoms with E-state index >= 15 is 0 Å². The van der Waals surface area contributed by atoms with Crippen molar-refractivity contribution >= 4 is 52.6 Å². The summed E-state index contributed by atoms with van der Waals surface area (Å²) < 4.78 is 14.6. The predicted octanol–water partition coefficient (Wildman–Crippen LogP) is -2.14. The van der Waals surface area contributed by atoms with E-state index in [1.165, 1.54) is 59.1 Å². The van der Waals surface area contributed by atoms with E-state index in [4.69, 9.17) is 9.15 Å². The number of thioether (sulfide) groups is 1. The molecule has 0 radical (unpaired) electrons. The molecule has 17 heteroatoms. The number of rotatable bonds is 8. The molecule has 2 fully saturated rings. The molecule has 1 aromatic heterocycles. The van der Waals surface area contributed by atoms with Gasteiger partial charge in [0.1, 0.15) is 17.5 Å². The minimum Gasteiger partial charge on any atom is -0.548 e. The quantitative estimate of drug-likeness (QED) is 0.0870. The van der Waals surface area contributed by atoms with Crippen molar-refractivity contribution in [3.05, 3.63) is 105 Å². The summed E-state index contributed by atoms with van der Waals surface area (Å²) in [6.45, 7) is 3.35. The van der Waals surface area contributed by atoms with Crippen molar-refractivity contribution in [2.75, 3.05) is 7.11 Å². The van der Waals surface area contributed by atoms with Crippen molar-refractivity contribution in [2.24, 2.45) is 0 Å².